The Morgan fingerprint density at radius 1 is 1.35 bits per heavy atom. The van der Waals surface area contributed by atoms with E-state index >= 15 is 0 Å². The highest BCUT2D eigenvalue weighted by Crippen LogP contribution is 2.21. The number of nitrogens with zero attached hydrogens (tertiary/aromatic N) is 1. The third-order valence-corrected chi connectivity index (χ3v) is 2.71. The van der Waals surface area contributed by atoms with E-state index in [1.807, 2.05) is 45.0 Å². The molecule has 1 aromatic carbocycles. The minimum atomic E-state index is -0.0340. The Kier molecular flexibility index (Phi) is 5.16. The van der Waals surface area contributed by atoms with E-state index in [2.05, 4.69) is 0 Å². The van der Waals surface area contributed by atoms with Crippen molar-refractivity contribution in [3.8, 4) is 0 Å². The van der Waals surface area contributed by atoms with E-state index in [1.165, 1.54) is 0 Å². The van der Waals surface area contributed by atoms with Gasteiger partial charge in [0.05, 0.1) is 0 Å². The smallest absolute Gasteiger partial charge is 0.229 e. The van der Waals surface area contributed by atoms with E-state index in [4.69, 9.17) is 5.11 Å². The number of rotatable bonds is 5. The van der Waals surface area contributed by atoms with Gasteiger partial charge in [-0.1, -0.05) is 32.0 Å². The molecule has 0 radical (unpaired) electrons. The van der Waals surface area contributed by atoms with E-state index in [1.54, 1.807) is 4.90 Å². The summed E-state index contributed by atoms with van der Waals surface area (Å²) in [6, 6.07) is 7.84. The number of anilines is 1. The lowest BCUT2D eigenvalue weighted by Crippen LogP contribution is -2.36. The van der Waals surface area contributed by atoms with Crippen molar-refractivity contribution in [2.75, 3.05) is 18.1 Å². The van der Waals surface area contributed by atoms with E-state index < -0.39 is 0 Å². The van der Waals surface area contributed by atoms with Crippen molar-refractivity contribution < 1.29 is 9.90 Å². The molecule has 0 saturated heterocycles. The minimum absolute atomic E-state index is 0.0340. The van der Waals surface area contributed by atoms with Crippen LogP contribution in [-0.4, -0.2) is 24.2 Å². The summed E-state index contributed by atoms with van der Waals surface area (Å²) in [6.45, 7) is 6.46. The summed E-state index contributed by atoms with van der Waals surface area (Å²) >= 11 is 0. The molecule has 0 saturated carbocycles. The molecule has 0 fully saturated rings. The van der Waals surface area contributed by atoms with Crippen LogP contribution in [0.4, 0.5) is 5.69 Å². The molecule has 3 heteroatoms. The van der Waals surface area contributed by atoms with Crippen LogP contribution in [0.15, 0.2) is 24.3 Å². The van der Waals surface area contributed by atoms with Crippen molar-refractivity contribution in [3.05, 3.63) is 29.8 Å². The van der Waals surface area contributed by atoms with Crippen molar-refractivity contribution in [1.82, 2.24) is 0 Å². The zero-order chi connectivity index (χ0) is 12.8. The molecule has 17 heavy (non-hydrogen) atoms. The second kappa shape index (κ2) is 6.40. The van der Waals surface area contributed by atoms with Crippen LogP contribution in [0.1, 0.15) is 25.8 Å². The van der Waals surface area contributed by atoms with Gasteiger partial charge in [-0.3, -0.25) is 4.79 Å². The standard InChI is InChI=1S/C14H21NO2/c1-11(2)14(17)15(9-6-10-16)13-8-5-4-7-12(13)3/h4-5,7-8,11,16H,6,9-10H2,1-3H3. The Morgan fingerprint density at radius 2 is 2.00 bits per heavy atom. The van der Waals surface area contributed by atoms with Crippen LogP contribution in [0.2, 0.25) is 0 Å². The lowest BCUT2D eigenvalue weighted by molar-refractivity contribution is -0.121. The fourth-order valence-corrected chi connectivity index (χ4v) is 1.76. The Labute approximate surface area is 103 Å². The zero-order valence-electron chi connectivity index (χ0n) is 10.8. The molecule has 1 N–H and O–H groups in total. The van der Waals surface area contributed by atoms with Gasteiger partial charge in [0.25, 0.3) is 0 Å². The van der Waals surface area contributed by atoms with Crippen LogP contribution >= 0.6 is 0 Å². The van der Waals surface area contributed by atoms with Crippen molar-refractivity contribution >= 4 is 11.6 Å². The Bertz CT molecular complexity index is 374. The maximum Gasteiger partial charge on any atom is 0.229 e. The third kappa shape index (κ3) is 3.56. The highest BCUT2D eigenvalue weighted by molar-refractivity contribution is 5.95. The Morgan fingerprint density at radius 3 is 2.53 bits per heavy atom. The molecule has 0 aromatic heterocycles. The van der Waals surface area contributed by atoms with Crippen LogP contribution in [0, 0.1) is 12.8 Å². The number of benzene rings is 1. The lowest BCUT2D eigenvalue weighted by Gasteiger charge is -2.26. The van der Waals surface area contributed by atoms with Gasteiger partial charge in [-0.05, 0) is 25.0 Å². The van der Waals surface area contributed by atoms with Crippen molar-refractivity contribution in [2.45, 2.75) is 27.2 Å². The van der Waals surface area contributed by atoms with Gasteiger partial charge in [0.15, 0.2) is 0 Å². The summed E-state index contributed by atoms with van der Waals surface area (Å²) in [5.41, 5.74) is 2.03. The molecule has 0 aliphatic rings. The maximum atomic E-state index is 12.1. The number of carbonyl (C=O) groups excluding carboxylic acids is 1. The molecule has 3 nitrogen and oxygen atoms in total. The molecule has 0 aliphatic heterocycles. The van der Waals surface area contributed by atoms with Gasteiger partial charge in [-0.2, -0.15) is 0 Å². The first-order valence-electron chi connectivity index (χ1n) is 6.05. The number of carbonyl (C=O) groups is 1. The number of hydrogen-bond acceptors (Lipinski definition) is 2. The fourth-order valence-electron chi connectivity index (χ4n) is 1.76. The number of amides is 1. The summed E-state index contributed by atoms with van der Waals surface area (Å²) in [7, 11) is 0. The quantitative estimate of drug-likeness (QED) is 0.851. The molecule has 1 amide bonds. The van der Waals surface area contributed by atoms with Crippen molar-refractivity contribution in [2.24, 2.45) is 5.92 Å². The van der Waals surface area contributed by atoms with E-state index in [0.29, 0.717) is 13.0 Å². The molecule has 0 unspecified atom stereocenters. The molecule has 0 aliphatic carbocycles. The fraction of sp³-hybridized carbons (Fsp3) is 0.500. The monoisotopic (exact) mass is 235 g/mol. The summed E-state index contributed by atoms with van der Waals surface area (Å²) in [5.74, 6) is 0.0704. The SMILES string of the molecule is Cc1ccccc1N(CCCO)C(=O)C(C)C. The van der Waals surface area contributed by atoms with Crippen LogP contribution in [0.5, 0.6) is 0 Å². The number of aryl methyl sites for hydroxylation is 1. The maximum absolute atomic E-state index is 12.1. The second-order valence-electron chi connectivity index (χ2n) is 4.51. The topological polar surface area (TPSA) is 40.5 Å². The van der Waals surface area contributed by atoms with Gasteiger partial charge in [-0.25, -0.2) is 0 Å². The second-order valence-corrected chi connectivity index (χ2v) is 4.51. The van der Waals surface area contributed by atoms with Gasteiger partial charge >= 0.3 is 0 Å². The van der Waals surface area contributed by atoms with E-state index in [-0.39, 0.29) is 18.4 Å². The van der Waals surface area contributed by atoms with Crippen LogP contribution in [-0.2, 0) is 4.79 Å². The van der Waals surface area contributed by atoms with Crippen LogP contribution < -0.4 is 4.90 Å². The molecular weight excluding hydrogens is 214 g/mol. The highest BCUT2D eigenvalue weighted by Gasteiger charge is 2.19. The first-order chi connectivity index (χ1) is 8.07. The Hall–Kier alpha value is -1.35. The third-order valence-electron chi connectivity index (χ3n) is 2.71. The van der Waals surface area contributed by atoms with Crippen LogP contribution in [0.3, 0.4) is 0 Å². The predicted molar refractivity (Wildman–Crippen MR) is 70.1 cm³/mol. The lowest BCUT2D eigenvalue weighted by atomic mass is 10.1. The van der Waals surface area contributed by atoms with E-state index in [0.717, 1.165) is 11.3 Å². The average molecular weight is 235 g/mol. The summed E-state index contributed by atoms with van der Waals surface area (Å²) in [4.78, 5) is 13.9. The van der Waals surface area contributed by atoms with Gasteiger partial charge in [0.2, 0.25) is 5.91 Å². The zero-order valence-corrected chi connectivity index (χ0v) is 10.8. The normalized spacial score (nSPS) is 10.6. The molecule has 94 valence electrons. The number of aliphatic hydroxyl groups is 1. The van der Waals surface area contributed by atoms with Crippen molar-refractivity contribution in [1.29, 1.82) is 0 Å². The largest absolute Gasteiger partial charge is 0.396 e. The first-order valence-corrected chi connectivity index (χ1v) is 6.05. The van der Waals surface area contributed by atoms with E-state index in [9.17, 15) is 4.79 Å². The molecule has 0 atom stereocenters. The van der Waals surface area contributed by atoms with Crippen LogP contribution in [0.25, 0.3) is 0 Å². The van der Waals surface area contributed by atoms with Gasteiger partial charge in [-0.15, -0.1) is 0 Å². The molecule has 1 rings (SSSR count). The summed E-state index contributed by atoms with van der Waals surface area (Å²) in [6.07, 6.45) is 0.604. The first kappa shape index (κ1) is 13.7. The Balaban J connectivity index is 2.98. The average Bonchev–Trinajstić information content (AvgIpc) is 2.31. The van der Waals surface area contributed by atoms with Gasteiger partial charge < -0.3 is 10.0 Å². The molecule has 0 spiro atoms. The number of aliphatic hydroxyl groups excluding tert-OH is 1. The number of para-hydroxylation sites is 1. The highest BCUT2D eigenvalue weighted by atomic mass is 16.3. The summed E-state index contributed by atoms with van der Waals surface area (Å²) < 4.78 is 0. The molecule has 0 bridgehead atoms. The van der Waals surface area contributed by atoms with Gasteiger partial charge in [0.1, 0.15) is 0 Å². The minimum Gasteiger partial charge on any atom is -0.396 e. The molecule has 0 heterocycles. The molecule has 1 aromatic rings. The molecular formula is C14H21NO2. The van der Waals surface area contributed by atoms with Gasteiger partial charge in [0, 0.05) is 24.8 Å². The van der Waals surface area contributed by atoms with Crippen molar-refractivity contribution in [3.63, 3.8) is 0 Å². The predicted octanol–water partition coefficient (Wildman–Crippen LogP) is 2.37. The number of hydrogen-bond donors (Lipinski definition) is 1. The summed E-state index contributed by atoms with van der Waals surface area (Å²) in [5, 5.41) is 8.91.